The molecule has 8 heteroatoms. The van der Waals surface area contributed by atoms with E-state index in [1.165, 1.54) is 18.2 Å². The van der Waals surface area contributed by atoms with E-state index in [2.05, 4.69) is 0 Å². The summed E-state index contributed by atoms with van der Waals surface area (Å²) in [6, 6.07) is 4.06. The van der Waals surface area contributed by atoms with Gasteiger partial charge >= 0.3 is 17.6 Å². The number of alkyl halides is 1. The summed E-state index contributed by atoms with van der Waals surface area (Å²) in [7, 11) is 0. The van der Waals surface area contributed by atoms with Crippen LogP contribution >= 0.6 is 11.6 Å². The van der Waals surface area contributed by atoms with Gasteiger partial charge in [0.2, 0.25) is 5.75 Å². The Morgan fingerprint density at radius 2 is 2.04 bits per heavy atom. The van der Waals surface area contributed by atoms with E-state index >= 15 is 0 Å². The van der Waals surface area contributed by atoms with Gasteiger partial charge < -0.3 is 9.47 Å². The molecule has 1 unspecified atom stereocenters. The number of nitrogens with zero attached hydrogens (tertiary/aromatic N) is 1. The number of halogens is 1. The highest BCUT2D eigenvalue weighted by Gasteiger charge is 2.23. The fourth-order valence-electron chi connectivity index (χ4n) is 1.97. The van der Waals surface area contributed by atoms with Crippen molar-refractivity contribution >= 4 is 29.2 Å². The van der Waals surface area contributed by atoms with Crippen LogP contribution in [0.15, 0.2) is 18.2 Å². The average molecular weight is 358 g/mol. The van der Waals surface area contributed by atoms with Gasteiger partial charge in [-0.2, -0.15) is 0 Å². The van der Waals surface area contributed by atoms with Crippen LogP contribution in [0.3, 0.4) is 0 Å². The van der Waals surface area contributed by atoms with Crippen LogP contribution in [-0.2, 0) is 14.3 Å². The van der Waals surface area contributed by atoms with E-state index in [0.29, 0.717) is 24.3 Å². The number of hydrogen-bond donors (Lipinski definition) is 0. The summed E-state index contributed by atoms with van der Waals surface area (Å²) >= 11 is 5.53. The number of ether oxygens (including phenoxy) is 2. The van der Waals surface area contributed by atoms with Gasteiger partial charge in [-0.15, -0.1) is 11.6 Å². The van der Waals surface area contributed by atoms with E-state index in [1.807, 2.05) is 0 Å². The zero-order chi connectivity index (χ0) is 18.1. The van der Waals surface area contributed by atoms with Gasteiger partial charge in [0, 0.05) is 18.4 Å². The maximum atomic E-state index is 11.7. The predicted octanol–water partition coefficient (Wildman–Crippen LogP) is 3.58. The molecule has 1 aromatic rings. The molecule has 0 aliphatic rings. The number of unbranched alkanes of at least 4 members (excludes halogenated alkanes) is 1. The van der Waals surface area contributed by atoms with Crippen molar-refractivity contribution in [2.45, 2.75) is 39.0 Å². The van der Waals surface area contributed by atoms with Crippen LogP contribution in [0.4, 0.5) is 5.69 Å². The quantitative estimate of drug-likeness (QED) is 0.167. The molecular weight excluding hydrogens is 338 g/mol. The number of nitro benzene ring substituents is 1. The van der Waals surface area contributed by atoms with Gasteiger partial charge in [-0.3, -0.25) is 19.7 Å². The monoisotopic (exact) mass is 357 g/mol. The fourth-order valence-corrected chi connectivity index (χ4v) is 2.16. The van der Waals surface area contributed by atoms with E-state index < -0.39 is 22.8 Å². The summed E-state index contributed by atoms with van der Waals surface area (Å²) in [5.74, 6) is -1.40. The zero-order valence-electron chi connectivity index (χ0n) is 13.6. The maximum Gasteiger partial charge on any atom is 0.313 e. The largest absolute Gasteiger partial charge is 0.466 e. The van der Waals surface area contributed by atoms with Crippen LogP contribution in [0, 0.1) is 10.1 Å². The van der Waals surface area contributed by atoms with Crippen molar-refractivity contribution in [1.29, 1.82) is 0 Å². The van der Waals surface area contributed by atoms with Crippen molar-refractivity contribution in [1.82, 2.24) is 0 Å². The lowest BCUT2D eigenvalue weighted by Gasteiger charge is -2.12. The minimum atomic E-state index is -0.655. The van der Waals surface area contributed by atoms with Crippen molar-refractivity contribution in [3.8, 4) is 5.75 Å². The average Bonchev–Trinajstić information content (AvgIpc) is 2.54. The fraction of sp³-hybridized carbons (Fsp3) is 0.500. The van der Waals surface area contributed by atoms with Gasteiger partial charge in [0.15, 0.2) is 0 Å². The maximum absolute atomic E-state index is 11.7. The SMILES string of the molecule is CCOC(=O)C(C)c1ccc(OC(=O)CCCCCl)c([N+](=O)[O-])c1. The molecule has 0 amide bonds. The van der Waals surface area contributed by atoms with Gasteiger partial charge in [-0.25, -0.2) is 0 Å². The summed E-state index contributed by atoms with van der Waals surface area (Å²) in [6.45, 7) is 3.50. The van der Waals surface area contributed by atoms with Gasteiger partial charge in [0.25, 0.3) is 0 Å². The molecule has 0 saturated heterocycles. The molecule has 0 heterocycles. The van der Waals surface area contributed by atoms with Crippen LogP contribution in [-0.4, -0.2) is 29.3 Å². The minimum absolute atomic E-state index is 0.130. The van der Waals surface area contributed by atoms with Crippen LogP contribution in [0.25, 0.3) is 0 Å². The topological polar surface area (TPSA) is 95.7 Å². The first kappa shape index (κ1) is 19.9. The number of nitro groups is 1. The molecule has 0 fully saturated rings. The molecule has 1 aromatic carbocycles. The second kappa shape index (κ2) is 9.87. The molecule has 0 aliphatic heterocycles. The first-order valence-corrected chi connectivity index (χ1v) is 8.15. The molecule has 132 valence electrons. The molecule has 0 aromatic heterocycles. The molecule has 7 nitrogen and oxygen atoms in total. The van der Waals surface area contributed by atoms with E-state index in [1.54, 1.807) is 13.8 Å². The summed E-state index contributed by atoms with van der Waals surface area (Å²) in [6.07, 6.45) is 1.34. The zero-order valence-corrected chi connectivity index (χ0v) is 14.4. The number of benzene rings is 1. The van der Waals surface area contributed by atoms with Gasteiger partial charge in [0.05, 0.1) is 17.4 Å². The Morgan fingerprint density at radius 1 is 1.33 bits per heavy atom. The Hall–Kier alpha value is -2.15. The predicted molar refractivity (Wildman–Crippen MR) is 88.4 cm³/mol. The number of carbonyl (C=O) groups is 2. The van der Waals surface area contributed by atoms with Crippen LogP contribution < -0.4 is 4.74 Å². The number of esters is 2. The lowest BCUT2D eigenvalue weighted by molar-refractivity contribution is -0.385. The minimum Gasteiger partial charge on any atom is -0.466 e. The standard InChI is InChI=1S/C16H20ClNO6/c1-3-23-16(20)11(2)12-7-8-14(13(10-12)18(21)22)24-15(19)6-4-5-9-17/h7-8,10-11H,3-6,9H2,1-2H3. The lowest BCUT2D eigenvalue weighted by Crippen LogP contribution is -2.14. The van der Waals surface area contributed by atoms with E-state index in [4.69, 9.17) is 21.1 Å². The third-order valence-corrected chi connectivity index (χ3v) is 3.58. The van der Waals surface area contributed by atoms with Crippen LogP contribution in [0.2, 0.25) is 0 Å². The van der Waals surface area contributed by atoms with E-state index in [0.717, 1.165) is 0 Å². The van der Waals surface area contributed by atoms with Crippen molar-refractivity contribution in [3.63, 3.8) is 0 Å². The van der Waals surface area contributed by atoms with Gasteiger partial charge in [0.1, 0.15) is 0 Å². The summed E-state index contributed by atoms with van der Waals surface area (Å²) in [5.41, 5.74) is 0.0523. The Kier molecular flexibility index (Phi) is 8.18. The molecule has 1 rings (SSSR count). The van der Waals surface area contributed by atoms with Crippen LogP contribution in [0.5, 0.6) is 5.75 Å². The third kappa shape index (κ3) is 5.81. The van der Waals surface area contributed by atoms with Crippen molar-refractivity contribution in [2.24, 2.45) is 0 Å². The summed E-state index contributed by atoms with van der Waals surface area (Å²) in [4.78, 5) is 34.0. The molecule has 0 radical (unpaired) electrons. The molecule has 0 aliphatic carbocycles. The molecule has 0 spiro atoms. The molecule has 0 saturated carbocycles. The Bertz CT molecular complexity index is 604. The first-order chi connectivity index (χ1) is 11.4. The van der Waals surface area contributed by atoms with Gasteiger partial charge in [-0.05, 0) is 38.3 Å². The normalized spacial score (nSPS) is 11.6. The summed E-state index contributed by atoms with van der Waals surface area (Å²) < 4.78 is 9.96. The molecular formula is C16H20ClNO6. The Morgan fingerprint density at radius 3 is 2.62 bits per heavy atom. The van der Waals surface area contributed by atoms with Gasteiger partial charge in [-0.1, -0.05) is 6.07 Å². The lowest BCUT2D eigenvalue weighted by atomic mass is 10.0. The Labute approximate surface area is 145 Å². The highest BCUT2D eigenvalue weighted by Crippen LogP contribution is 2.31. The van der Waals surface area contributed by atoms with Crippen molar-refractivity contribution in [2.75, 3.05) is 12.5 Å². The molecule has 24 heavy (non-hydrogen) atoms. The number of hydrogen-bond acceptors (Lipinski definition) is 6. The molecule has 0 bridgehead atoms. The van der Waals surface area contributed by atoms with Crippen molar-refractivity contribution < 1.29 is 24.0 Å². The second-order valence-electron chi connectivity index (χ2n) is 5.08. The molecule has 1 atom stereocenters. The van der Waals surface area contributed by atoms with Crippen LogP contribution in [0.1, 0.15) is 44.6 Å². The first-order valence-electron chi connectivity index (χ1n) is 7.62. The number of carbonyl (C=O) groups excluding carboxylic acids is 2. The molecule has 0 N–H and O–H groups in total. The smallest absolute Gasteiger partial charge is 0.313 e. The third-order valence-electron chi connectivity index (χ3n) is 3.31. The van der Waals surface area contributed by atoms with E-state index in [9.17, 15) is 19.7 Å². The Balaban J connectivity index is 2.93. The second-order valence-corrected chi connectivity index (χ2v) is 5.46. The van der Waals surface area contributed by atoms with Crippen molar-refractivity contribution in [3.05, 3.63) is 33.9 Å². The highest BCUT2D eigenvalue weighted by atomic mass is 35.5. The van der Waals surface area contributed by atoms with E-state index in [-0.39, 0.29) is 24.5 Å². The number of rotatable bonds is 9. The highest BCUT2D eigenvalue weighted by molar-refractivity contribution is 6.17. The summed E-state index contributed by atoms with van der Waals surface area (Å²) in [5, 5.41) is 11.2.